The molecule has 12 atom stereocenters. The summed E-state index contributed by atoms with van der Waals surface area (Å²) >= 11 is 0. The lowest BCUT2D eigenvalue weighted by atomic mass is 9.97. The van der Waals surface area contributed by atoms with E-state index in [1.165, 1.54) is 44.9 Å². The summed E-state index contributed by atoms with van der Waals surface area (Å²) in [5.74, 6) is -0.218. The number of carbonyl (C=O) groups excluding carboxylic acids is 1. The van der Waals surface area contributed by atoms with Crippen molar-refractivity contribution in [2.75, 3.05) is 19.8 Å². The van der Waals surface area contributed by atoms with E-state index in [9.17, 15) is 45.6 Å². The molecule has 2 saturated heterocycles. The Kier molecular flexibility index (Phi) is 22.6. The number of rotatable bonds is 26. The van der Waals surface area contributed by atoms with Gasteiger partial charge in [-0.25, -0.2) is 0 Å². The smallest absolute Gasteiger partial charge is 0.220 e. The normalized spacial score (nSPS) is 31.8. The van der Waals surface area contributed by atoms with Crippen molar-refractivity contribution in [3.8, 4) is 0 Å². The van der Waals surface area contributed by atoms with Crippen LogP contribution in [0.25, 0.3) is 0 Å². The molecule has 49 heavy (non-hydrogen) atoms. The zero-order chi connectivity index (χ0) is 36.2. The van der Waals surface area contributed by atoms with Crippen molar-refractivity contribution in [3.63, 3.8) is 0 Å². The summed E-state index contributed by atoms with van der Waals surface area (Å²) in [7, 11) is 0. The molecule has 2 aliphatic heterocycles. The van der Waals surface area contributed by atoms with Gasteiger partial charge in [-0.15, -0.1) is 0 Å². The number of aliphatic hydroxyl groups is 8. The van der Waals surface area contributed by atoms with Crippen molar-refractivity contribution < 1.29 is 64.6 Å². The number of aliphatic hydroxyl groups excluding tert-OH is 8. The zero-order valence-corrected chi connectivity index (χ0v) is 29.7. The van der Waals surface area contributed by atoms with Gasteiger partial charge < -0.3 is 65.1 Å². The van der Waals surface area contributed by atoms with Gasteiger partial charge in [0.15, 0.2) is 12.6 Å². The summed E-state index contributed by atoms with van der Waals surface area (Å²) in [6.45, 7) is 2.71. The largest absolute Gasteiger partial charge is 0.394 e. The van der Waals surface area contributed by atoms with Crippen LogP contribution in [-0.2, 0) is 23.7 Å². The molecule has 2 fully saturated rings. The van der Waals surface area contributed by atoms with E-state index in [2.05, 4.69) is 19.2 Å². The van der Waals surface area contributed by atoms with Gasteiger partial charge in [0.25, 0.3) is 0 Å². The molecule has 2 aliphatic rings. The highest BCUT2D eigenvalue weighted by Gasteiger charge is 2.50. The number of unbranched alkanes of at least 4 members (excludes halogenated alkanes) is 13. The number of hydrogen-bond acceptors (Lipinski definition) is 13. The molecule has 14 nitrogen and oxygen atoms in total. The fourth-order valence-corrected chi connectivity index (χ4v) is 6.35. The first-order valence-corrected chi connectivity index (χ1v) is 18.8. The number of carbonyl (C=O) groups is 1. The monoisotopic (exact) mass is 709 g/mol. The van der Waals surface area contributed by atoms with E-state index in [4.69, 9.17) is 18.9 Å². The zero-order valence-electron chi connectivity index (χ0n) is 29.7. The molecule has 2 rings (SSSR count). The summed E-state index contributed by atoms with van der Waals surface area (Å²) in [4.78, 5) is 12.9. The number of ether oxygens (including phenoxy) is 4. The fourth-order valence-electron chi connectivity index (χ4n) is 6.35. The molecule has 9 N–H and O–H groups in total. The van der Waals surface area contributed by atoms with Crippen LogP contribution in [0.15, 0.2) is 0 Å². The van der Waals surface area contributed by atoms with Crippen LogP contribution in [0.5, 0.6) is 0 Å². The van der Waals surface area contributed by atoms with Gasteiger partial charge in [0.05, 0.1) is 32.0 Å². The van der Waals surface area contributed by atoms with E-state index in [0.29, 0.717) is 12.8 Å². The van der Waals surface area contributed by atoms with Crippen molar-refractivity contribution in [2.24, 2.45) is 0 Å². The second-order valence-corrected chi connectivity index (χ2v) is 13.7. The Morgan fingerprint density at radius 3 is 1.73 bits per heavy atom. The average Bonchev–Trinajstić information content (AvgIpc) is 3.09. The van der Waals surface area contributed by atoms with Crippen LogP contribution in [0.4, 0.5) is 0 Å². The number of nitrogens with one attached hydrogen (secondary N) is 1. The quantitative estimate of drug-likeness (QED) is 0.0575. The van der Waals surface area contributed by atoms with E-state index >= 15 is 0 Å². The molecule has 0 bridgehead atoms. The molecule has 0 aliphatic carbocycles. The van der Waals surface area contributed by atoms with Crippen LogP contribution in [0.1, 0.15) is 123 Å². The van der Waals surface area contributed by atoms with Gasteiger partial charge in [0.1, 0.15) is 48.8 Å². The van der Waals surface area contributed by atoms with E-state index in [1.54, 1.807) is 0 Å². The summed E-state index contributed by atoms with van der Waals surface area (Å²) in [5, 5.41) is 85.8. The van der Waals surface area contributed by atoms with Crippen LogP contribution in [0, 0.1) is 0 Å². The Balaban J connectivity index is 1.97. The van der Waals surface area contributed by atoms with E-state index < -0.39 is 86.8 Å². The van der Waals surface area contributed by atoms with Crippen LogP contribution in [-0.4, -0.2) is 140 Å². The summed E-state index contributed by atoms with van der Waals surface area (Å²) in [5.41, 5.74) is 0. The van der Waals surface area contributed by atoms with Gasteiger partial charge in [-0.05, 0) is 12.8 Å². The maximum absolute atomic E-state index is 12.9. The van der Waals surface area contributed by atoms with Crippen LogP contribution >= 0.6 is 0 Å². The summed E-state index contributed by atoms with van der Waals surface area (Å²) < 4.78 is 22.5. The molecule has 0 aromatic carbocycles. The third-order valence-corrected chi connectivity index (χ3v) is 9.57. The van der Waals surface area contributed by atoms with Gasteiger partial charge >= 0.3 is 0 Å². The van der Waals surface area contributed by atoms with E-state index in [0.717, 1.165) is 51.4 Å². The predicted octanol–water partition coefficient (Wildman–Crippen LogP) is 1.14. The molecule has 0 radical (unpaired) electrons. The minimum Gasteiger partial charge on any atom is -0.394 e. The van der Waals surface area contributed by atoms with E-state index in [1.807, 2.05) is 0 Å². The molecule has 12 unspecified atom stereocenters. The lowest BCUT2D eigenvalue weighted by Gasteiger charge is -2.46. The molecule has 0 saturated carbocycles. The SMILES string of the molecule is CCCCCCCCCCC(=O)NC(COC1OC(CO)C(OC2OC(CO)C(O)C(O)C2O)C(O)C1O)C(O)CCCCCCCCC. The third-order valence-electron chi connectivity index (χ3n) is 9.57. The Bertz CT molecular complexity index is 852. The standard InChI is InChI=1S/C35H67NO13/c1-3-5-7-9-11-13-15-17-19-27(40)36-23(24(39)18-16-14-12-10-8-6-4-2)22-46-34-32(45)30(43)33(26(21-38)48-34)49-35-31(44)29(42)28(41)25(20-37)47-35/h23-26,28-35,37-39,41-45H,3-22H2,1-2H3,(H,36,40). The lowest BCUT2D eigenvalue weighted by molar-refractivity contribution is -0.359. The first-order valence-electron chi connectivity index (χ1n) is 18.8. The first-order chi connectivity index (χ1) is 23.6. The van der Waals surface area contributed by atoms with Gasteiger partial charge in [-0.3, -0.25) is 4.79 Å². The highest BCUT2D eigenvalue weighted by Crippen LogP contribution is 2.30. The predicted molar refractivity (Wildman–Crippen MR) is 180 cm³/mol. The van der Waals surface area contributed by atoms with Crippen LogP contribution in [0.3, 0.4) is 0 Å². The average molecular weight is 710 g/mol. The Morgan fingerprint density at radius 2 is 1.16 bits per heavy atom. The summed E-state index contributed by atoms with van der Waals surface area (Å²) in [6.07, 6.45) is 0.323. The van der Waals surface area contributed by atoms with Gasteiger partial charge in [-0.1, -0.05) is 104 Å². The number of hydrogen-bond donors (Lipinski definition) is 9. The van der Waals surface area contributed by atoms with Gasteiger partial charge in [-0.2, -0.15) is 0 Å². The maximum atomic E-state index is 12.9. The molecule has 0 aromatic heterocycles. The maximum Gasteiger partial charge on any atom is 0.220 e. The minimum absolute atomic E-state index is 0.218. The highest BCUT2D eigenvalue weighted by atomic mass is 16.7. The molecule has 290 valence electrons. The minimum atomic E-state index is -1.77. The van der Waals surface area contributed by atoms with Crippen LogP contribution < -0.4 is 5.32 Å². The number of amides is 1. The van der Waals surface area contributed by atoms with Crippen molar-refractivity contribution in [3.05, 3.63) is 0 Å². The molecule has 2 heterocycles. The van der Waals surface area contributed by atoms with Crippen molar-refractivity contribution >= 4 is 5.91 Å². The summed E-state index contributed by atoms with van der Waals surface area (Å²) in [6, 6.07) is -0.815. The molecular formula is C35H67NO13. The molecule has 1 amide bonds. The third kappa shape index (κ3) is 15.2. The van der Waals surface area contributed by atoms with Gasteiger partial charge in [0.2, 0.25) is 5.91 Å². The molecular weight excluding hydrogens is 642 g/mol. The van der Waals surface area contributed by atoms with Gasteiger partial charge in [0, 0.05) is 6.42 Å². The molecule has 14 heteroatoms. The van der Waals surface area contributed by atoms with Crippen molar-refractivity contribution in [2.45, 2.75) is 197 Å². The Morgan fingerprint density at radius 1 is 0.653 bits per heavy atom. The Hall–Kier alpha value is -1.01. The van der Waals surface area contributed by atoms with Crippen molar-refractivity contribution in [1.82, 2.24) is 5.32 Å². The van der Waals surface area contributed by atoms with Crippen molar-refractivity contribution in [1.29, 1.82) is 0 Å². The van der Waals surface area contributed by atoms with E-state index in [-0.39, 0.29) is 12.5 Å². The first kappa shape index (κ1) is 44.2. The molecule has 0 spiro atoms. The fraction of sp³-hybridized carbons (Fsp3) is 0.971. The second kappa shape index (κ2) is 25.0. The second-order valence-electron chi connectivity index (χ2n) is 13.7. The van der Waals surface area contributed by atoms with Crippen LogP contribution in [0.2, 0.25) is 0 Å². The molecule has 0 aromatic rings. The Labute approximate surface area is 292 Å². The topological polar surface area (TPSA) is 228 Å². The highest BCUT2D eigenvalue weighted by molar-refractivity contribution is 5.76. The lowest BCUT2D eigenvalue weighted by Crippen LogP contribution is -2.65.